The highest BCUT2D eigenvalue weighted by atomic mass is 16.1. The molecule has 6 nitrogen and oxygen atoms in total. The molecule has 0 saturated carbocycles. The fourth-order valence-corrected chi connectivity index (χ4v) is 3.62. The van der Waals surface area contributed by atoms with E-state index in [0.717, 1.165) is 42.3 Å². The van der Waals surface area contributed by atoms with Crippen LogP contribution < -0.4 is 4.90 Å². The molecule has 1 aliphatic rings. The van der Waals surface area contributed by atoms with Gasteiger partial charge in [0.05, 0.1) is 0 Å². The van der Waals surface area contributed by atoms with Crippen molar-refractivity contribution in [3.05, 3.63) is 60.3 Å². The standard InChI is InChI=1S/C21H23N5O/c1-15-13-18(24-20(23-15)16-7-4-3-5-8-16)26-11-6-9-17(14-26)19(27)21-22-10-12-25(21)2/h3-5,7-8,10,12-13,17H,6,9,11,14H2,1-2H3/t17-/m0/s1. The van der Waals surface area contributed by atoms with Crippen LogP contribution >= 0.6 is 0 Å². The van der Waals surface area contributed by atoms with Gasteiger partial charge in [0.2, 0.25) is 5.78 Å². The number of anilines is 1. The number of aryl methyl sites for hydroxylation is 2. The first-order valence-electron chi connectivity index (χ1n) is 9.29. The first-order chi connectivity index (χ1) is 13.1. The third-order valence-electron chi connectivity index (χ3n) is 5.03. The lowest BCUT2D eigenvalue weighted by atomic mass is 9.93. The summed E-state index contributed by atoms with van der Waals surface area (Å²) in [4.78, 5) is 28.7. The molecule has 0 unspecified atom stereocenters. The van der Waals surface area contributed by atoms with Crippen molar-refractivity contribution in [1.82, 2.24) is 19.5 Å². The summed E-state index contributed by atoms with van der Waals surface area (Å²) in [5.41, 5.74) is 1.93. The van der Waals surface area contributed by atoms with Gasteiger partial charge in [-0.25, -0.2) is 15.0 Å². The smallest absolute Gasteiger partial charge is 0.203 e. The summed E-state index contributed by atoms with van der Waals surface area (Å²) in [5, 5.41) is 0. The number of aromatic nitrogens is 4. The first kappa shape index (κ1) is 17.4. The average Bonchev–Trinajstić information content (AvgIpc) is 3.13. The van der Waals surface area contributed by atoms with E-state index in [1.54, 1.807) is 10.8 Å². The van der Waals surface area contributed by atoms with Crippen LogP contribution in [0.25, 0.3) is 11.4 Å². The summed E-state index contributed by atoms with van der Waals surface area (Å²) in [6, 6.07) is 12.0. The van der Waals surface area contributed by atoms with Gasteiger partial charge in [-0.2, -0.15) is 0 Å². The van der Waals surface area contributed by atoms with Crippen LogP contribution in [0.4, 0.5) is 5.82 Å². The molecule has 138 valence electrons. The molecule has 27 heavy (non-hydrogen) atoms. The Balaban J connectivity index is 1.59. The number of imidazole rings is 1. The minimum absolute atomic E-state index is 0.0599. The highest BCUT2D eigenvalue weighted by Gasteiger charge is 2.29. The molecule has 2 aromatic heterocycles. The van der Waals surface area contributed by atoms with E-state index in [4.69, 9.17) is 4.98 Å². The molecule has 1 saturated heterocycles. The number of carbonyl (C=O) groups excluding carboxylic acids is 1. The molecule has 1 fully saturated rings. The van der Waals surface area contributed by atoms with Crippen LogP contribution in [0.1, 0.15) is 29.2 Å². The normalized spacial score (nSPS) is 17.1. The average molecular weight is 361 g/mol. The van der Waals surface area contributed by atoms with Crippen LogP contribution in [0, 0.1) is 12.8 Å². The molecule has 0 aliphatic carbocycles. The van der Waals surface area contributed by atoms with Gasteiger partial charge >= 0.3 is 0 Å². The number of hydrogen-bond donors (Lipinski definition) is 0. The molecule has 4 rings (SSSR count). The molecule has 0 amide bonds. The van der Waals surface area contributed by atoms with Crippen molar-refractivity contribution in [1.29, 1.82) is 0 Å². The Morgan fingerprint density at radius 1 is 1.19 bits per heavy atom. The number of rotatable bonds is 4. The van der Waals surface area contributed by atoms with Gasteiger partial charge < -0.3 is 9.47 Å². The number of nitrogens with zero attached hydrogens (tertiary/aromatic N) is 5. The van der Waals surface area contributed by atoms with E-state index >= 15 is 0 Å². The first-order valence-corrected chi connectivity index (χ1v) is 9.29. The Hall–Kier alpha value is -3.02. The third-order valence-corrected chi connectivity index (χ3v) is 5.03. The van der Waals surface area contributed by atoms with Crippen LogP contribution in [0.5, 0.6) is 0 Å². The molecule has 3 aromatic rings. The quantitative estimate of drug-likeness (QED) is 0.667. The summed E-state index contributed by atoms with van der Waals surface area (Å²) in [6.07, 6.45) is 5.34. The summed E-state index contributed by atoms with van der Waals surface area (Å²) in [7, 11) is 1.86. The van der Waals surface area contributed by atoms with Crippen LogP contribution in [-0.4, -0.2) is 38.4 Å². The van der Waals surface area contributed by atoms with Crippen LogP contribution in [-0.2, 0) is 7.05 Å². The second-order valence-corrected chi connectivity index (χ2v) is 7.07. The van der Waals surface area contributed by atoms with Crippen molar-refractivity contribution >= 4 is 11.6 Å². The molecule has 1 aromatic carbocycles. The topological polar surface area (TPSA) is 63.9 Å². The maximum atomic E-state index is 12.9. The SMILES string of the molecule is Cc1cc(N2CCC[C@H](C(=O)c3nccn3C)C2)nc(-c2ccccc2)n1. The van der Waals surface area contributed by atoms with Gasteiger partial charge in [0, 0.05) is 55.8 Å². The fraction of sp³-hybridized carbons (Fsp3) is 0.333. The number of ketones is 1. The minimum atomic E-state index is -0.0599. The van der Waals surface area contributed by atoms with E-state index in [9.17, 15) is 4.79 Å². The highest BCUT2D eigenvalue weighted by Crippen LogP contribution is 2.26. The predicted octanol–water partition coefficient (Wildman–Crippen LogP) is 3.28. The number of benzene rings is 1. The molecular weight excluding hydrogens is 338 g/mol. The van der Waals surface area contributed by atoms with E-state index < -0.39 is 0 Å². The molecule has 0 bridgehead atoms. The zero-order chi connectivity index (χ0) is 18.8. The van der Waals surface area contributed by atoms with E-state index in [-0.39, 0.29) is 11.7 Å². The van der Waals surface area contributed by atoms with Gasteiger partial charge in [-0.05, 0) is 19.8 Å². The molecular formula is C21H23N5O. The van der Waals surface area contributed by atoms with Crippen molar-refractivity contribution in [2.45, 2.75) is 19.8 Å². The number of hydrogen-bond acceptors (Lipinski definition) is 5. The molecule has 3 heterocycles. The highest BCUT2D eigenvalue weighted by molar-refractivity contribution is 5.95. The predicted molar refractivity (Wildman–Crippen MR) is 105 cm³/mol. The van der Waals surface area contributed by atoms with E-state index in [1.165, 1.54) is 0 Å². The largest absolute Gasteiger partial charge is 0.356 e. The zero-order valence-electron chi connectivity index (χ0n) is 15.7. The van der Waals surface area contributed by atoms with Gasteiger partial charge in [0.1, 0.15) is 5.82 Å². The number of piperidine rings is 1. The summed E-state index contributed by atoms with van der Waals surface area (Å²) in [5.74, 6) is 2.20. The molecule has 1 atom stereocenters. The van der Waals surface area contributed by atoms with Gasteiger partial charge in [-0.15, -0.1) is 0 Å². The maximum Gasteiger partial charge on any atom is 0.203 e. The van der Waals surface area contributed by atoms with E-state index in [0.29, 0.717) is 12.4 Å². The molecule has 1 aliphatic heterocycles. The van der Waals surface area contributed by atoms with Crippen molar-refractivity contribution < 1.29 is 4.79 Å². The Bertz CT molecular complexity index is 950. The van der Waals surface area contributed by atoms with E-state index in [1.807, 2.05) is 56.6 Å². The Morgan fingerprint density at radius 3 is 2.74 bits per heavy atom. The molecule has 0 spiro atoms. The van der Waals surface area contributed by atoms with Gasteiger partial charge in [-0.1, -0.05) is 30.3 Å². The number of carbonyl (C=O) groups is 1. The van der Waals surface area contributed by atoms with Crippen molar-refractivity contribution in [2.75, 3.05) is 18.0 Å². The Morgan fingerprint density at radius 2 is 2.00 bits per heavy atom. The zero-order valence-corrected chi connectivity index (χ0v) is 15.7. The van der Waals surface area contributed by atoms with Gasteiger partial charge in [0.25, 0.3) is 0 Å². The molecule has 0 N–H and O–H groups in total. The second-order valence-electron chi connectivity index (χ2n) is 7.07. The summed E-state index contributed by atoms with van der Waals surface area (Å²) in [6.45, 7) is 3.55. The fourth-order valence-electron chi connectivity index (χ4n) is 3.62. The lowest BCUT2D eigenvalue weighted by Crippen LogP contribution is -2.40. The van der Waals surface area contributed by atoms with Crippen molar-refractivity contribution in [2.24, 2.45) is 13.0 Å². The van der Waals surface area contributed by atoms with Crippen LogP contribution in [0.3, 0.4) is 0 Å². The summed E-state index contributed by atoms with van der Waals surface area (Å²) >= 11 is 0. The molecule has 6 heteroatoms. The number of Topliss-reactive ketones (excluding diaryl/α,β-unsaturated/α-hetero) is 1. The lowest BCUT2D eigenvalue weighted by molar-refractivity contribution is 0.0893. The van der Waals surface area contributed by atoms with Crippen molar-refractivity contribution in [3.63, 3.8) is 0 Å². The van der Waals surface area contributed by atoms with Gasteiger partial charge in [-0.3, -0.25) is 4.79 Å². The summed E-state index contributed by atoms with van der Waals surface area (Å²) < 4.78 is 1.80. The third kappa shape index (κ3) is 3.60. The van der Waals surface area contributed by atoms with Crippen LogP contribution in [0.15, 0.2) is 48.8 Å². The minimum Gasteiger partial charge on any atom is -0.356 e. The van der Waals surface area contributed by atoms with E-state index in [2.05, 4.69) is 14.9 Å². The molecule has 0 radical (unpaired) electrons. The Labute approximate surface area is 158 Å². The van der Waals surface area contributed by atoms with Gasteiger partial charge in [0.15, 0.2) is 11.6 Å². The second kappa shape index (κ2) is 7.31. The van der Waals surface area contributed by atoms with Crippen molar-refractivity contribution in [3.8, 4) is 11.4 Å². The monoisotopic (exact) mass is 361 g/mol. The maximum absolute atomic E-state index is 12.9. The lowest BCUT2D eigenvalue weighted by Gasteiger charge is -2.33. The Kier molecular flexibility index (Phi) is 4.71. The van der Waals surface area contributed by atoms with Crippen LogP contribution in [0.2, 0.25) is 0 Å².